The number of carbonyl (C=O) groups excluding carboxylic acids is 2. The van der Waals surface area contributed by atoms with E-state index in [9.17, 15) is 9.59 Å². The Kier molecular flexibility index (Phi) is 7.95. The Morgan fingerprint density at radius 3 is 2.28 bits per heavy atom. The Balaban J connectivity index is 1.09. The first-order chi connectivity index (χ1) is 22.8. The van der Waals surface area contributed by atoms with Crippen LogP contribution in [0, 0.1) is 5.82 Å². The summed E-state index contributed by atoms with van der Waals surface area (Å²) >= 11 is 13.5. The molecule has 0 spiro atoms. The molecule has 0 radical (unpaired) electrons. The van der Waals surface area contributed by atoms with Crippen molar-refractivity contribution >= 4 is 46.5 Å². The third-order valence-corrected chi connectivity index (χ3v) is 10.9. The molecule has 1 N–H and O–H groups in total. The molecule has 3 aromatic carbocycles. The molecule has 8 rings (SSSR count). The van der Waals surface area contributed by atoms with Crippen LogP contribution in [0.5, 0.6) is 5.75 Å². The molecule has 5 aliphatic heterocycles. The van der Waals surface area contributed by atoms with Crippen molar-refractivity contribution in [2.75, 3.05) is 49.9 Å². The lowest BCUT2D eigenvalue weighted by molar-refractivity contribution is 0.0515. The Bertz CT molecular complexity index is 1720. The quantitative estimate of drug-likeness (QED) is 0.335. The van der Waals surface area contributed by atoms with Crippen LogP contribution < -0.4 is 19.9 Å². The average Bonchev–Trinajstić information content (AvgIpc) is 3.47. The van der Waals surface area contributed by atoms with Crippen molar-refractivity contribution in [3.63, 3.8) is 0 Å². The summed E-state index contributed by atoms with van der Waals surface area (Å²) in [4.78, 5) is 32.7. The smallest absolute Gasteiger partial charge is 0.340 e. The van der Waals surface area contributed by atoms with Crippen LogP contribution in [0.15, 0.2) is 42.5 Å². The molecular formula is C35H35Cl2FN4O5. The summed E-state index contributed by atoms with van der Waals surface area (Å²) < 4.78 is 32.9. The average molecular weight is 682 g/mol. The van der Waals surface area contributed by atoms with E-state index in [4.69, 9.17) is 37.4 Å². The first-order valence-corrected chi connectivity index (χ1v) is 16.9. The molecule has 12 heteroatoms. The molecule has 3 aromatic rings. The van der Waals surface area contributed by atoms with Gasteiger partial charge in [-0.25, -0.2) is 9.18 Å². The molecule has 0 saturated carbocycles. The van der Waals surface area contributed by atoms with Crippen LogP contribution in [-0.4, -0.2) is 81.1 Å². The number of morpholine rings is 1. The maximum Gasteiger partial charge on any atom is 0.340 e. The molecule has 4 fully saturated rings. The van der Waals surface area contributed by atoms with Gasteiger partial charge in [0.05, 0.1) is 65.8 Å². The van der Waals surface area contributed by atoms with E-state index in [1.54, 1.807) is 17.0 Å². The number of methoxy groups -OCH3 is 1. The summed E-state index contributed by atoms with van der Waals surface area (Å²) in [7, 11) is 1.30. The predicted octanol–water partition coefficient (Wildman–Crippen LogP) is 5.89. The van der Waals surface area contributed by atoms with Crippen LogP contribution in [0.25, 0.3) is 11.1 Å². The fourth-order valence-electron chi connectivity index (χ4n) is 8.16. The van der Waals surface area contributed by atoms with Gasteiger partial charge in [-0.2, -0.15) is 0 Å². The highest BCUT2D eigenvalue weighted by Crippen LogP contribution is 2.44. The summed E-state index contributed by atoms with van der Waals surface area (Å²) in [5.41, 5.74) is 3.52. The van der Waals surface area contributed by atoms with Gasteiger partial charge in [-0.3, -0.25) is 4.79 Å². The van der Waals surface area contributed by atoms with E-state index in [1.807, 2.05) is 24.3 Å². The molecule has 1 amide bonds. The van der Waals surface area contributed by atoms with Crippen molar-refractivity contribution in [3.8, 4) is 16.9 Å². The summed E-state index contributed by atoms with van der Waals surface area (Å²) in [6.07, 6.45) is 4.07. The van der Waals surface area contributed by atoms with Gasteiger partial charge in [0, 0.05) is 47.6 Å². The van der Waals surface area contributed by atoms with E-state index in [2.05, 4.69) is 15.1 Å². The molecular weight excluding hydrogens is 646 g/mol. The van der Waals surface area contributed by atoms with E-state index in [-0.39, 0.29) is 42.4 Å². The number of piperazine rings is 1. The van der Waals surface area contributed by atoms with Crippen LogP contribution in [0.1, 0.15) is 52.0 Å². The van der Waals surface area contributed by atoms with Gasteiger partial charge < -0.3 is 34.2 Å². The zero-order valence-corrected chi connectivity index (χ0v) is 27.5. The van der Waals surface area contributed by atoms with Gasteiger partial charge in [-0.1, -0.05) is 41.4 Å². The van der Waals surface area contributed by atoms with Gasteiger partial charge >= 0.3 is 5.97 Å². The lowest BCUT2D eigenvalue weighted by Gasteiger charge is -2.38. The van der Waals surface area contributed by atoms with Gasteiger partial charge in [-0.15, -0.1) is 0 Å². The number of ether oxygens (including phenoxy) is 3. The minimum Gasteiger partial charge on any atom is -0.472 e. The van der Waals surface area contributed by atoms with Crippen molar-refractivity contribution in [3.05, 3.63) is 75.0 Å². The van der Waals surface area contributed by atoms with Crippen molar-refractivity contribution in [1.82, 2.24) is 10.2 Å². The monoisotopic (exact) mass is 680 g/mol. The Morgan fingerprint density at radius 1 is 0.915 bits per heavy atom. The topological polar surface area (TPSA) is 83.6 Å². The predicted molar refractivity (Wildman–Crippen MR) is 177 cm³/mol. The van der Waals surface area contributed by atoms with Gasteiger partial charge in [0.25, 0.3) is 5.91 Å². The number of nitrogens with zero attached hydrogens (tertiary/aromatic N) is 3. The minimum absolute atomic E-state index is 0.0679. The standard InChI is InChI=1S/C35H35Cl2FN4O5/c1-45-35(44)27-11-30(38)26(12-31(27)42-22-7-8-23(42)17-46-16-22)25-4-2-3-19-15-40(18-47-33(19)25)34(43)32-28(36)9-24(10-29(32)37)41-20-5-6-21(41)14-39-13-20/h2-4,9-12,20-23,39H,5-8,13-18H2,1H3. The number of rotatable bonds is 5. The number of amides is 1. The fraction of sp³-hybridized carbons (Fsp3) is 0.429. The Hall–Kier alpha value is -3.57. The molecule has 246 valence electrons. The van der Waals surface area contributed by atoms with Crippen molar-refractivity contribution in [1.29, 1.82) is 0 Å². The van der Waals surface area contributed by atoms with Crippen LogP contribution >= 0.6 is 23.2 Å². The highest BCUT2D eigenvalue weighted by molar-refractivity contribution is 6.40. The second kappa shape index (κ2) is 12.1. The highest BCUT2D eigenvalue weighted by Gasteiger charge is 2.40. The molecule has 9 nitrogen and oxygen atoms in total. The van der Waals surface area contributed by atoms with E-state index < -0.39 is 11.8 Å². The Labute approximate surface area is 282 Å². The first-order valence-electron chi connectivity index (χ1n) is 16.1. The zero-order chi connectivity index (χ0) is 32.4. The summed E-state index contributed by atoms with van der Waals surface area (Å²) in [6, 6.07) is 13.1. The molecule has 0 aromatic heterocycles. The summed E-state index contributed by atoms with van der Waals surface area (Å²) in [5, 5.41) is 4.08. The SMILES string of the molecule is COC(=O)c1cc(F)c(-c2cccc3c2OCN(C(=O)c2c(Cl)cc(N4C5CCC4CNC5)cc2Cl)C3)cc1N1C2CCC1COC2. The van der Waals surface area contributed by atoms with Crippen molar-refractivity contribution < 1.29 is 28.2 Å². The number of benzene rings is 3. The molecule has 4 atom stereocenters. The third kappa shape index (κ3) is 5.21. The van der Waals surface area contributed by atoms with E-state index >= 15 is 4.39 Å². The Morgan fingerprint density at radius 2 is 1.60 bits per heavy atom. The second-order valence-electron chi connectivity index (χ2n) is 13.0. The van der Waals surface area contributed by atoms with Crippen LogP contribution in [0.2, 0.25) is 10.0 Å². The van der Waals surface area contributed by atoms with Gasteiger partial charge in [-0.05, 0) is 49.9 Å². The lowest BCUT2D eigenvalue weighted by Crippen LogP contribution is -2.52. The summed E-state index contributed by atoms with van der Waals surface area (Å²) in [5.74, 6) is -1.02. The molecule has 47 heavy (non-hydrogen) atoms. The minimum atomic E-state index is -0.595. The van der Waals surface area contributed by atoms with E-state index in [1.165, 1.54) is 13.2 Å². The van der Waals surface area contributed by atoms with Crippen LogP contribution in [-0.2, 0) is 16.0 Å². The first kappa shape index (κ1) is 30.7. The second-order valence-corrected chi connectivity index (χ2v) is 13.8. The molecule has 0 aliphatic carbocycles. The number of hydrogen-bond donors (Lipinski definition) is 1. The van der Waals surface area contributed by atoms with E-state index in [0.29, 0.717) is 63.5 Å². The number of halogens is 3. The number of carbonyl (C=O) groups is 2. The number of fused-ring (bicyclic) bond motifs is 5. The van der Waals surface area contributed by atoms with Gasteiger partial charge in [0.15, 0.2) is 6.73 Å². The largest absolute Gasteiger partial charge is 0.472 e. The molecule has 5 heterocycles. The fourth-order valence-corrected chi connectivity index (χ4v) is 8.80. The normalized spacial score (nSPS) is 24.6. The molecule has 4 unspecified atom stereocenters. The molecule has 4 saturated heterocycles. The number of hydrogen-bond acceptors (Lipinski definition) is 8. The van der Waals surface area contributed by atoms with Crippen molar-refractivity contribution in [2.24, 2.45) is 0 Å². The van der Waals surface area contributed by atoms with Crippen molar-refractivity contribution in [2.45, 2.75) is 56.4 Å². The third-order valence-electron chi connectivity index (χ3n) is 10.3. The number of esters is 1. The molecule has 5 aliphatic rings. The number of nitrogens with one attached hydrogen (secondary N) is 1. The lowest BCUT2D eigenvalue weighted by atomic mass is 9.96. The van der Waals surface area contributed by atoms with E-state index in [0.717, 1.165) is 44.5 Å². The van der Waals surface area contributed by atoms with Crippen LogP contribution in [0.3, 0.4) is 0 Å². The zero-order valence-electron chi connectivity index (χ0n) is 25.9. The maximum absolute atomic E-state index is 15.9. The van der Waals surface area contributed by atoms with Gasteiger partial charge in [0.2, 0.25) is 0 Å². The number of anilines is 2. The maximum atomic E-state index is 15.9. The highest BCUT2D eigenvalue weighted by atomic mass is 35.5. The molecule has 4 bridgehead atoms. The number of para-hydroxylation sites is 1. The summed E-state index contributed by atoms with van der Waals surface area (Å²) in [6.45, 7) is 3.07. The van der Waals surface area contributed by atoms with Gasteiger partial charge in [0.1, 0.15) is 11.6 Å². The van der Waals surface area contributed by atoms with Crippen LogP contribution in [0.4, 0.5) is 15.8 Å².